The van der Waals surface area contributed by atoms with Crippen molar-refractivity contribution in [3.63, 3.8) is 0 Å². The quantitative estimate of drug-likeness (QED) is 0.0436. The maximum Gasteiger partial charge on any atom is 0.122 e. The molecule has 4 aromatic carbocycles. The minimum Gasteiger partial charge on any atom is -0.489 e. The minimum atomic E-state index is 0.0708. The van der Waals surface area contributed by atoms with Crippen LogP contribution in [0.4, 0.5) is 0 Å². The average Bonchev–Trinajstić information content (AvgIpc) is 3.12. The summed E-state index contributed by atoms with van der Waals surface area (Å²) in [6.07, 6.45) is 7.48. The Morgan fingerprint density at radius 2 is 1.08 bits per heavy atom. The number of ether oxygens (including phenoxy) is 2. The molecule has 0 heterocycles. The summed E-state index contributed by atoms with van der Waals surface area (Å²) in [6, 6.07) is 31.4. The van der Waals surface area contributed by atoms with E-state index >= 15 is 0 Å². The van der Waals surface area contributed by atoms with Gasteiger partial charge in [0.2, 0.25) is 0 Å². The molecule has 0 unspecified atom stereocenters. The van der Waals surface area contributed by atoms with Crippen LogP contribution in [0, 0.1) is 16.7 Å². The van der Waals surface area contributed by atoms with Crippen molar-refractivity contribution in [1.82, 2.24) is 5.32 Å². The first-order chi connectivity index (χ1) is 23.6. The zero-order valence-electron chi connectivity index (χ0n) is 30.4. The van der Waals surface area contributed by atoms with Crippen molar-refractivity contribution in [2.45, 2.75) is 92.9 Å². The molecule has 0 radical (unpaired) electrons. The van der Waals surface area contributed by atoms with Crippen molar-refractivity contribution in [1.29, 1.82) is 10.8 Å². The molecule has 0 saturated carbocycles. The van der Waals surface area contributed by atoms with Crippen LogP contribution in [-0.4, -0.2) is 18.2 Å². The van der Waals surface area contributed by atoms with Crippen LogP contribution in [-0.2, 0) is 26.2 Å². The Morgan fingerprint density at radius 1 is 0.633 bits per heavy atom. The third kappa shape index (κ3) is 17.4. The van der Waals surface area contributed by atoms with Gasteiger partial charge in [0.25, 0.3) is 0 Å². The monoisotopic (exact) mass is 665 g/mol. The lowest BCUT2D eigenvalue weighted by Gasteiger charge is -2.09. The molecule has 0 spiro atoms. The molecule has 0 fully saturated rings. The Hall–Kier alpha value is -4.62. The van der Waals surface area contributed by atoms with Crippen LogP contribution in [0.2, 0.25) is 0 Å². The molecule has 7 nitrogen and oxygen atoms in total. The number of unbranched alkanes of at least 4 members (excludes halogenated alkanes) is 3. The summed E-state index contributed by atoms with van der Waals surface area (Å²) in [4.78, 5) is 0. The molecule has 0 aliphatic heterocycles. The zero-order valence-corrected chi connectivity index (χ0v) is 30.4. The normalized spacial score (nSPS) is 10.3. The van der Waals surface area contributed by atoms with Gasteiger partial charge in [0.05, 0.1) is 0 Å². The van der Waals surface area contributed by atoms with Crippen LogP contribution in [0.15, 0.2) is 97.1 Å². The van der Waals surface area contributed by atoms with Crippen molar-refractivity contribution in [3.8, 4) is 11.5 Å². The van der Waals surface area contributed by atoms with E-state index < -0.39 is 0 Å². The Kier molecular flexibility index (Phi) is 19.6. The third-order valence-corrected chi connectivity index (χ3v) is 7.89. The molecule has 4 rings (SSSR count). The van der Waals surface area contributed by atoms with Crippen molar-refractivity contribution in [3.05, 3.63) is 130 Å². The molecular weight excluding hydrogens is 606 g/mol. The van der Waals surface area contributed by atoms with Gasteiger partial charge in [-0.25, -0.2) is 0 Å². The molecule has 0 aliphatic rings. The first-order valence-electron chi connectivity index (χ1n) is 17.7. The summed E-state index contributed by atoms with van der Waals surface area (Å²) < 4.78 is 11.5. The van der Waals surface area contributed by atoms with Crippen LogP contribution in [0.25, 0.3) is 0 Å². The number of nitrogen functional groups attached to an aromatic ring is 2. The SMILES string of the molecule is CCC(C)C.CCCCCCNCc1cccc(COc2ccc(C(=N)N)cc2)c1.CCc1cccc(COc2ccc(C(=N)N)cc2)c1. The number of rotatable bonds is 17. The topological polar surface area (TPSA) is 130 Å². The lowest BCUT2D eigenvalue weighted by molar-refractivity contribution is 0.306. The summed E-state index contributed by atoms with van der Waals surface area (Å²) in [5.41, 5.74) is 17.2. The summed E-state index contributed by atoms with van der Waals surface area (Å²) >= 11 is 0. The van der Waals surface area contributed by atoms with Crippen molar-refractivity contribution >= 4 is 11.7 Å². The zero-order chi connectivity index (χ0) is 35.9. The molecule has 0 bridgehead atoms. The van der Waals surface area contributed by atoms with Gasteiger partial charge in [-0.15, -0.1) is 0 Å². The van der Waals surface area contributed by atoms with Crippen molar-refractivity contribution < 1.29 is 9.47 Å². The maximum absolute atomic E-state index is 7.40. The van der Waals surface area contributed by atoms with E-state index in [1.165, 1.54) is 43.2 Å². The molecule has 7 heteroatoms. The van der Waals surface area contributed by atoms with Crippen LogP contribution in [0.3, 0.4) is 0 Å². The predicted octanol–water partition coefficient (Wildman–Crippen LogP) is 9.38. The molecule has 49 heavy (non-hydrogen) atoms. The first kappa shape index (κ1) is 40.6. The van der Waals surface area contributed by atoms with Crippen LogP contribution >= 0.6 is 0 Å². The van der Waals surface area contributed by atoms with Gasteiger partial charge >= 0.3 is 0 Å². The van der Waals surface area contributed by atoms with E-state index in [4.69, 9.17) is 31.8 Å². The highest BCUT2D eigenvalue weighted by Gasteiger charge is 2.02. The Labute approximate surface area is 295 Å². The van der Waals surface area contributed by atoms with Crippen LogP contribution < -0.4 is 26.3 Å². The van der Waals surface area contributed by atoms with Gasteiger partial charge in [-0.2, -0.15) is 0 Å². The summed E-state index contributed by atoms with van der Waals surface area (Å²) in [5, 5.41) is 18.2. The highest BCUT2D eigenvalue weighted by atomic mass is 16.5. The lowest BCUT2D eigenvalue weighted by atomic mass is 10.1. The summed E-state index contributed by atoms with van der Waals surface area (Å²) in [7, 11) is 0. The van der Waals surface area contributed by atoms with Crippen LogP contribution in [0.5, 0.6) is 11.5 Å². The molecule has 0 aliphatic carbocycles. The second-order valence-electron chi connectivity index (χ2n) is 12.5. The molecular formula is C42H59N5O2. The van der Waals surface area contributed by atoms with E-state index in [2.05, 4.69) is 88.5 Å². The second-order valence-corrected chi connectivity index (χ2v) is 12.5. The molecule has 4 aromatic rings. The fourth-order valence-corrected chi connectivity index (χ4v) is 4.47. The lowest BCUT2D eigenvalue weighted by Crippen LogP contribution is -2.14. The van der Waals surface area contributed by atoms with E-state index in [1.54, 1.807) is 24.3 Å². The standard InChI is InChI=1S/C21H29N3O.C16H18N2O.C5H12/c1-2-3-4-5-13-24-15-17-7-6-8-18(14-17)16-25-20-11-9-19(10-12-20)21(22)23;1-2-12-4-3-5-13(10-12)11-19-15-8-6-14(7-9-15)16(17)18;1-4-5(2)3/h6-12,14,24H,2-5,13,15-16H2,1H3,(H3,22,23);3-10H,2,11H2,1H3,(H3,17,18);5H,4H2,1-3H3. The fraction of sp³-hybridized carbons (Fsp3) is 0.381. The predicted molar refractivity (Wildman–Crippen MR) is 207 cm³/mol. The van der Waals surface area contributed by atoms with E-state index in [-0.39, 0.29) is 11.7 Å². The number of hydrogen-bond donors (Lipinski definition) is 5. The minimum absolute atomic E-state index is 0.0708. The van der Waals surface area contributed by atoms with Crippen LogP contribution in [0.1, 0.15) is 100 Å². The van der Waals surface area contributed by atoms with Crippen molar-refractivity contribution in [2.24, 2.45) is 17.4 Å². The van der Waals surface area contributed by atoms with Gasteiger partial charge in [-0.3, -0.25) is 10.8 Å². The molecule has 264 valence electrons. The number of nitrogens with two attached hydrogens (primary N) is 2. The second kappa shape index (κ2) is 23.7. The molecule has 0 aromatic heterocycles. The van der Waals surface area contributed by atoms with Gasteiger partial charge in [0.1, 0.15) is 36.4 Å². The Bertz CT molecular complexity index is 1500. The van der Waals surface area contributed by atoms with Crippen molar-refractivity contribution in [2.75, 3.05) is 6.54 Å². The molecule has 0 amide bonds. The average molecular weight is 666 g/mol. The van der Waals surface area contributed by atoms with Gasteiger partial charge < -0.3 is 26.3 Å². The summed E-state index contributed by atoms with van der Waals surface area (Å²) in [5.74, 6) is 2.59. The largest absolute Gasteiger partial charge is 0.489 e. The fourth-order valence-electron chi connectivity index (χ4n) is 4.47. The van der Waals surface area contributed by atoms with Gasteiger partial charge in [-0.1, -0.05) is 109 Å². The number of nitrogens with one attached hydrogen (secondary N) is 3. The van der Waals surface area contributed by atoms with Gasteiger partial charge in [0, 0.05) is 17.7 Å². The Morgan fingerprint density at radius 3 is 1.51 bits per heavy atom. The molecule has 7 N–H and O–H groups in total. The number of amidine groups is 2. The third-order valence-electron chi connectivity index (χ3n) is 7.89. The smallest absolute Gasteiger partial charge is 0.122 e. The highest BCUT2D eigenvalue weighted by molar-refractivity contribution is 5.95. The van der Waals surface area contributed by atoms with E-state index in [1.807, 2.05) is 24.3 Å². The molecule has 0 atom stereocenters. The highest BCUT2D eigenvalue weighted by Crippen LogP contribution is 2.16. The van der Waals surface area contributed by atoms with E-state index in [0.29, 0.717) is 24.3 Å². The van der Waals surface area contributed by atoms with E-state index in [0.717, 1.165) is 48.1 Å². The molecule has 0 saturated heterocycles. The maximum atomic E-state index is 7.40. The number of hydrogen-bond acceptors (Lipinski definition) is 5. The van der Waals surface area contributed by atoms with E-state index in [9.17, 15) is 0 Å². The summed E-state index contributed by atoms with van der Waals surface area (Å²) in [6.45, 7) is 14.1. The van der Waals surface area contributed by atoms with Gasteiger partial charge in [0.15, 0.2) is 0 Å². The Balaban J connectivity index is 0.000000307. The number of aryl methyl sites for hydroxylation is 1. The van der Waals surface area contributed by atoms with Gasteiger partial charge in [-0.05, 0) is 96.1 Å². The first-order valence-corrected chi connectivity index (χ1v) is 17.7. The number of benzene rings is 4.